The van der Waals surface area contributed by atoms with Crippen molar-refractivity contribution in [3.05, 3.63) is 97.2 Å². The molecule has 0 spiro atoms. The van der Waals surface area contributed by atoms with E-state index in [4.69, 9.17) is 14.2 Å². The molecule has 0 radical (unpaired) electrons. The molecule has 0 aromatic carbocycles. The Morgan fingerprint density at radius 2 is 0.565 bits per heavy atom. The smallest absolute Gasteiger partial charge is 0.306 e. The maximum Gasteiger partial charge on any atom is 0.306 e. The van der Waals surface area contributed by atoms with Gasteiger partial charge in [0.2, 0.25) is 0 Å². The molecule has 6 nitrogen and oxygen atoms in total. The molecule has 0 N–H and O–H groups in total. The topological polar surface area (TPSA) is 78.9 Å². The molecule has 69 heavy (non-hydrogen) atoms. The van der Waals surface area contributed by atoms with Crippen molar-refractivity contribution in [2.24, 2.45) is 0 Å². The van der Waals surface area contributed by atoms with E-state index in [1.54, 1.807) is 0 Å². The second-order valence-electron chi connectivity index (χ2n) is 18.8. The number of esters is 3. The summed E-state index contributed by atoms with van der Waals surface area (Å²) < 4.78 is 16.8. The maximum atomic E-state index is 12.8. The molecule has 0 aromatic rings. The number of carbonyl (C=O) groups excluding carboxylic acids is 3. The van der Waals surface area contributed by atoms with E-state index < -0.39 is 6.10 Å². The lowest BCUT2D eigenvalue weighted by atomic mass is 10.1. The molecule has 0 saturated carbocycles. The van der Waals surface area contributed by atoms with Gasteiger partial charge in [0.15, 0.2) is 6.10 Å². The molecule has 0 aromatic heterocycles. The Balaban J connectivity index is 4.40. The zero-order valence-corrected chi connectivity index (χ0v) is 45.0. The predicted molar refractivity (Wildman–Crippen MR) is 297 cm³/mol. The van der Waals surface area contributed by atoms with Crippen LogP contribution < -0.4 is 0 Å². The Labute approximate surface area is 426 Å². The lowest BCUT2D eigenvalue weighted by Crippen LogP contribution is -2.30. The van der Waals surface area contributed by atoms with E-state index in [-0.39, 0.29) is 31.1 Å². The minimum Gasteiger partial charge on any atom is -0.462 e. The molecule has 0 bridgehead atoms. The molecular weight excluding hydrogens is 853 g/mol. The number of hydrogen-bond donors (Lipinski definition) is 0. The van der Waals surface area contributed by atoms with Crippen LogP contribution in [0.25, 0.3) is 0 Å². The highest BCUT2D eigenvalue weighted by Crippen LogP contribution is 2.15. The SMILES string of the molecule is CC/C=C\C/C=C\C/C=C\C/C=C\C/C=C\C/C=C\CCCCCCC(=O)OCC(COC(=O)CCCCCCCCCCCCC)OC(=O)CCCCCCCCC/C=C\C/C=C\CCCCC. The molecule has 0 aliphatic heterocycles. The van der Waals surface area contributed by atoms with Crippen LogP contribution in [0.15, 0.2) is 97.2 Å². The van der Waals surface area contributed by atoms with Crippen LogP contribution in [0.1, 0.15) is 265 Å². The van der Waals surface area contributed by atoms with Crippen molar-refractivity contribution in [1.82, 2.24) is 0 Å². The fraction of sp³-hybridized carbons (Fsp3) is 0.698. The van der Waals surface area contributed by atoms with Gasteiger partial charge in [0.05, 0.1) is 0 Å². The standard InChI is InChI=1S/C63H106O6/c1-4-7-10-13-16-19-22-24-26-28-29-30-31-32-33-35-36-38-41-44-47-50-53-56-62(65)68-59-60(58-67-61(64)55-52-49-46-43-40-21-18-15-12-9-6-3)69-63(66)57-54-51-48-45-42-39-37-34-27-25-23-20-17-14-11-8-5-2/h7,10,16-17,19-20,24-27,29-30,32-33,36,38,60H,4-6,8-9,11-15,18,21-23,28,31,34-35,37,39-59H2,1-3H3/b10-7-,19-16-,20-17-,26-24-,27-25-,30-29-,33-32-,38-36-. The first kappa shape index (κ1) is 65.3. The lowest BCUT2D eigenvalue weighted by Gasteiger charge is -2.18. The first-order valence-corrected chi connectivity index (χ1v) is 28.7. The van der Waals surface area contributed by atoms with Crippen molar-refractivity contribution < 1.29 is 28.6 Å². The summed E-state index contributed by atoms with van der Waals surface area (Å²) in [5.74, 6) is -0.919. The van der Waals surface area contributed by atoms with Crippen LogP contribution in [0.4, 0.5) is 0 Å². The molecular formula is C63H106O6. The van der Waals surface area contributed by atoms with E-state index in [0.29, 0.717) is 19.3 Å². The van der Waals surface area contributed by atoms with Crippen LogP contribution in [0.2, 0.25) is 0 Å². The molecule has 0 heterocycles. The Bertz CT molecular complexity index is 1380. The Kier molecular flexibility index (Phi) is 53.9. The van der Waals surface area contributed by atoms with E-state index >= 15 is 0 Å². The minimum atomic E-state index is -0.792. The third kappa shape index (κ3) is 55.1. The second kappa shape index (κ2) is 56.9. The van der Waals surface area contributed by atoms with Crippen molar-refractivity contribution >= 4 is 17.9 Å². The fourth-order valence-corrected chi connectivity index (χ4v) is 7.77. The molecule has 0 aliphatic carbocycles. The first-order valence-electron chi connectivity index (χ1n) is 28.7. The highest BCUT2D eigenvalue weighted by atomic mass is 16.6. The molecule has 0 rings (SSSR count). The van der Waals surface area contributed by atoms with Crippen molar-refractivity contribution in [3.8, 4) is 0 Å². The predicted octanol–water partition coefficient (Wildman–Crippen LogP) is 19.3. The van der Waals surface area contributed by atoms with E-state index in [2.05, 4.69) is 118 Å². The van der Waals surface area contributed by atoms with Crippen LogP contribution in [-0.2, 0) is 28.6 Å². The van der Waals surface area contributed by atoms with E-state index in [1.165, 1.54) is 103 Å². The van der Waals surface area contributed by atoms with Crippen LogP contribution in [-0.4, -0.2) is 37.2 Å². The molecule has 1 unspecified atom stereocenters. The van der Waals surface area contributed by atoms with E-state index in [1.807, 2.05) is 0 Å². The van der Waals surface area contributed by atoms with Crippen molar-refractivity contribution in [1.29, 1.82) is 0 Å². The van der Waals surface area contributed by atoms with Crippen LogP contribution >= 0.6 is 0 Å². The molecule has 6 heteroatoms. The molecule has 1 atom stereocenters. The summed E-state index contributed by atoms with van der Waals surface area (Å²) in [6.07, 6.45) is 75.3. The third-order valence-electron chi connectivity index (χ3n) is 12.1. The largest absolute Gasteiger partial charge is 0.462 e. The fourth-order valence-electron chi connectivity index (χ4n) is 7.77. The Morgan fingerprint density at radius 1 is 0.304 bits per heavy atom. The van der Waals surface area contributed by atoms with Gasteiger partial charge in [-0.2, -0.15) is 0 Å². The van der Waals surface area contributed by atoms with Crippen molar-refractivity contribution in [2.75, 3.05) is 13.2 Å². The number of ether oxygens (including phenoxy) is 3. The van der Waals surface area contributed by atoms with Gasteiger partial charge in [0, 0.05) is 19.3 Å². The molecule has 394 valence electrons. The maximum absolute atomic E-state index is 12.8. The van der Waals surface area contributed by atoms with Gasteiger partial charge in [-0.3, -0.25) is 14.4 Å². The minimum absolute atomic E-state index is 0.0879. The van der Waals surface area contributed by atoms with Gasteiger partial charge in [0.25, 0.3) is 0 Å². The zero-order valence-electron chi connectivity index (χ0n) is 45.0. The summed E-state index contributed by atoms with van der Waals surface area (Å²) in [7, 11) is 0. The highest BCUT2D eigenvalue weighted by molar-refractivity contribution is 5.71. The van der Waals surface area contributed by atoms with Gasteiger partial charge in [-0.05, 0) is 103 Å². The van der Waals surface area contributed by atoms with Gasteiger partial charge in [-0.1, -0.05) is 240 Å². The van der Waals surface area contributed by atoms with Crippen molar-refractivity contribution in [2.45, 2.75) is 271 Å². The molecule has 0 fully saturated rings. The van der Waals surface area contributed by atoms with Crippen LogP contribution in [0.3, 0.4) is 0 Å². The Morgan fingerprint density at radius 3 is 0.913 bits per heavy atom. The van der Waals surface area contributed by atoms with Gasteiger partial charge < -0.3 is 14.2 Å². The monoisotopic (exact) mass is 959 g/mol. The van der Waals surface area contributed by atoms with E-state index in [9.17, 15) is 14.4 Å². The zero-order chi connectivity index (χ0) is 50.0. The lowest BCUT2D eigenvalue weighted by molar-refractivity contribution is -0.167. The normalized spacial score (nSPS) is 12.8. The van der Waals surface area contributed by atoms with Crippen molar-refractivity contribution in [3.63, 3.8) is 0 Å². The number of unbranched alkanes of at least 4 members (excludes halogenated alkanes) is 24. The van der Waals surface area contributed by atoms with Crippen LogP contribution in [0.5, 0.6) is 0 Å². The highest BCUT2D eigenvalue weighted by Gasteiger charge is 2.19. The van der Waals surface area contributed by atoms with Gasteiger partial charge in [-0.15, -0.1) is 0 Å². The summed E-state index contributed by atoms with van der Waals surface area (Å²) in [5.41, 5.74) is 0. The average Bonchev–Trinajstić information content (AvgIpc) is 3.35. The number of allylic oxidation sites excluding steroid dienone is 16. The molecule has 0 saturated heterocycles. The van der Waals surface area contributed by atoms with Crippen LogP contribution in [0, 0.1) is 0 Å². The number of rotatable bonds is 51. The average molecular weight is 960 g/mol. The van der Waals surface area contributed by atoms with Gasteiger partial charge in [-0.25, -0.2) is 0 Å². The number of hydrogen-bond acceptors (Lipinski definition) is 6. The van der Waals surface area contributed by atoms with Gasteiger partial charge in [0.1, 0.15) is 13.2 Å². The summed E-state index contributed by atoms with van der Waals surface area (Å²) in [6, 6.07) is 0. The summed E-state index contributed by atoms with van der Waals surface area (Å²) in [6.45, 7) is 6.47. The van der Waals surface area contributed by atoms with Gasteiger partial charge >= 0.3 is 17.9 Å². The quantitative estimate of drug-likeness (QED) is 0.0262. The number of carbonyl (C=O) groups is 3. The molecule has 0 aliphatic rings. The van der Waals surface area contributed by atoms with E-state index in [0.717, 1.165) is 122 Å². The molecule has 0 amide bonds. The summed E-state index contributed by atoms with van der Waals surface area (Å²) in [4.78, 5) is 38.1. The third-order valence-corrected chi connectivity index (χ3v) is 12.1. The summed E-state index contributed by atoms with van der Waals surface area (Å²) in [5, 5.41) is 0. The Hall–Kier alpha value is -3.67. The second-order valence-corrected chi connectivity index (χ2v) is 18.8. The first-order chi connectivity index (χ1) is 34.0. The summed E-state index contributed by atoms with van der Waals surface area (Å²) >= 11 is 0.